The highest BCUT2D eigenvalue weighted by atomic mass is 16.3. The second-order valence-electron chi connectivity index (χ2n) is 17.0. The summed E-state index contributed by atoms with van der Waals surface area (Å²) in [4.78, 5) is 2.61. The van der Waals surface area contributed by atoms with Gasteiger partial charge >= 0.3 is 6.85 Å². The van der Waals surface area contributed by atoms with Crippen molar-refractivity contribution in [3.05, 3.63) is 139 Å². The number of benzene rings is 7. The number of aromatic nitrogens is 1. The monoisotopic (exact) mass is 670 g/mol. The zero-order valence-corrected chi connectivity index (χ0v) is 30.5. The number of fused-ring (bicyclic) bond motifs is 12. The fraction of sp³-hybridized carbons (Fsp3) is 0.167. The molecule has 0 saturated heterocycles. The summed E-state index contributed by atoms with van der Waals surface area (Å²) in [6.07, 6.45) is 0. The average Bonchev–Trinajstić information content (AvgIpc) is 3.67. The highest BCUT2D eigenvalue weighted by molar-refractivity contribution is 6.94. The van der Waals surface area contributed by atoms with Gasteiger partial charge in [-0.2, -0.15) is 0 Å². The molecule has 0 radical (unpaired) electrons. The molecule has 11 rings (SSSR count). The normalized spacial score (nSPS) is 13.9. The van der Waals surface area contributed by atoms with Gasteiger partial charge in [0, 0.05) is 38.5 Å². The van der Waals surface area contributed by atoms with Crippen LogP contribution < -0.4 is 15.7 Å². The molecule has 0 aliphatic carbocycles. The fourth-order valence-electron chi connectivity index (χ4n) is 9.21. The largest absolute Gasteiger partial charge is 0.454 e. The fourth-order valence-corrected chi connectivity index (χ4v) is 9.21. The lowest BCUT2D eigenvalue weighted by Crippen LogP contribution is -2.60. The van der Waals surface area contributed by atoms with Gasteiger partial charge in [-0.05, 0) is 97.7 Å². The van der Waals surface area contributed by atoms with Gasteiger partial charge in [-0.15, -0.1) is 0 Å². The lowest BCUT2D eigenvalue weighted by Gasteiger charge is -2.42. The van der Waals surface area contributed by atoms with E-state index in [1.54, 1.807) is 0 Å². The molecule has 0 unspecified atom stereocenters. The number of nitrogens with zero attached hydrogens (tertiary/aromatic N) is 2. The van der Waals surface area contributed by atoms with E-state index in [2.05, 4.69) is 178 Å². The third-order valence-electron chi connectivity index (χ3n) is 11.8. The number of furan rings is 1. The molecule has 0 spiro atoms. The van der Waals surface area contributed by atoms with Crippen LogP contribution in [0.15, 0.2) is 132 Å². The second kappa shape index (κ2) is 9.98. The molecule has 0 saturated carbocycles. The Morgan fingerprint density at radius 3 is 2.02 bits per heavy atom. The molecule has 4 heterocycles. The van der Waals surface area contributed by atoms with E-state index in [1.807, 2.05) is 0 Å². The van der Waals surface area contributed by atoms with Gasteiger partial charge in [-0.25, -0.2) is 0 Å². The SMILES string of the molecule is CC(C)(C)c1ccc(N2B3c4c(cc5c(oc6ccccc65)c4-n4c5cc6ccccc6cc5c5cccc3c54)-c3cc(C(C)(C)C)ccc32)cc1. The number of para-hydroxylation sites is 2. The summed E-state index contributed by atoms with van der Waals surface area (Å²) in [6, 6.07) is 47.9. The first-order chi connectivity index (χ1) is 25.1. The molecule has 0 fully saturated rings. The summed E-state index contributed by atoms with van der Waals surface area (Å²) >= 11 is 0. The second-order valence-corrected chi connectivity index (χ2v) is 17.0. The molecule has 3 nitrogen and oxygen atoms in total. The number of rotatable bonds is 1. The van der Waals surface area contributed by atoms with Crippen molar-refractivity contribution in [2.75, 3.05) is 4.81 Å². The molecular formula is C48H39BN2O. The predicted molar refractivity (Wildman–Crippen MR) is 222 cm³/mol. The third-order valence-corrected chi connectivity index (χ3v) is 11.8. The maximum absolute atomic E-state index is 7.00. The van der Waals surface area contributed by atoms with Gasteiger partial charge in [0.2, 0.25) is 0 Å². The van der Waals surface area contributed by atoms with Crippen molar-refractivity contribution >= 4 is 83.7 Å². The van der Waals surface area contributed by atoms with Crippen LogP contribution in [0.4, 0.5) is 11.4 Å². The minimum atomic E-state index is -0.0639. The first-order valence-electron chi connectivity index (χ1n) is 18.6. The maximum Gasteiger partial charge on any atom is 0.333 e. The molecule has 2 aliphatic heterocycles. The van der Waals surface area contributed by atoms with Crippen molar-refractivity contribution in [2.45, 2.75) is 52.4 Å². The summed E-state index contributed by atoms with van der Waals surface area (Å²) in [6.45, 7) is 13.7. The molecule has 0 bridgehead atoms. The van der Waals surface area contributed by atoms with Crippen molar-refractivity contribution in [3.63, 3.8) is 0 Å². The van der Waals surface area contributed by atoms with E-state index in [-0.39, 0.29) is 17.7 Å². The summed E-state index contributed by atoms with van der Waals surface area (Å²) in [5.74, 6) is 0. The Kier molecular flexibility index (Phi) is 5.75. The third kappa shape index (κ3) is 3.93. The van der Waals surface area contributed by atoms with E-state index in [0.717, 1.165) is 27.6 Å². The van der Waals surface area contributed by atoms with Gasteiger partial charge in [-0.1, -0.05) is 120 Å². The molecule has 52 heavy (non-hydrogen) atoms. The van der Waals surface area contributed by atoms with Crippen molar-refractivity contribution in [2.24, 2.45) is 0 Å². The van der Waals surface area contributed by atoms with Crippen molar-refractivity contribution < 1.29 is 4.42 Å². The van der Waals surface area contributed by atoms with Gasteiger partial charge in [0.1, 0.15) is 5.58 Å². The van der Waals surface area contributed by atoms with Gasteiger partial charge in [0.05, 0.1) is 16.7 Å². The lowest BCUT2D eigenvalue weighted by atomic mass is 9.44. The Morgan fingerprint density at radius 1 is 0.558 bits per heavy atom. The van der Waals surface area contributed by atoms with Crippen molar-refractivity contribution in [1.29, 1.82) is 0 Å². The van der Waals surface area contributed by atoms with Crippen LogP contribution in [-0.2, 0) is 10.8 Å². The van der Waals surface area contributed by atoms with Crippen LogP contribution in [0, 0.1) is 0 Å². The lowest BCUT2D eigenvalue weighted by molar-refractivity contribution is 0.590. The molecular weight excluding hydrogens is 631 g/mol. The number of hydrogen-bond donors (Lipinski definition) is 0. The Bertz CT molecular complexity index is 2990. The van der Waals surface area contributed by atoms with Crippen LogP contribution in [0.5, 0.6) is 0 Å². The first kappa shape index (κ1) is 29.9. The van der Waals surface area contributed by atoms with E-state index in [1.165, 1.54) is 77.1 Å². The highest BCUT2D eigenvalue weighted by Gasteiger charge is 2.45. The van der Waals surface area contributed by atoms with Crippen LogP contribution in [-0.4, -0.2) is 11.4 Å². The first-order valence-corrected chi connectivity index (χ1v) is 18.6. The van der Waals surface area contributed by atoms with Gasteiger partial charge < -0.3 is 13.8 Å². The van der Waals surface area contributed by atoms with Gasteiger partial charge in [0.15, 0.2) is 5.58 Å². The van der Waals surface area contributed by atoms with E-state index >= 15 is 0 Å². The molecule has 0 atom stereocenters. The van der Waals surface area contributed by atoms with Crippen LogP contribution in [0.1, 0.15) is 52.7 Å². The standard InChI is InChI=1S/C48H39BN2O/c1-47(2,3)30-18-21-32(22-19-30)51-40-23-20-31(48(4,5)6)26-36(40)37-27-38-33-14-9-10-17-42(33)52-46(38)45-43(37)49(51)39-16-11-15-34-35-24-28-12-7-8-13-29(28)25-41(35)50(45)44(34)39/h7-27H,1-6H3. The van der Waals surface area contributed by atoms with Crippen LogP contribution in [0.25, 0.3) is 71.3 Å². The smallest absolute Gasteiger partial charge is 0.333 e. The summed E-state index contributed by atoms with van der Waals surface area (Å²) in [7, 11) is 0. The Labute approximate surface area is 304 Å². The van der Waals surface area contributed by atoms with Crippen molar-refractivity contribution in [3.8, 4) is 16.8 Å². The summed E-state index contributed by atoms with van der Waals surface area (Å²) in [5, 5.41) is 7.35. The summed E-state index contributed by atoms with van der Waals surface area (Å²) < 4.78 is 9.54. The molecule has 9 aromatic rings. The minimum absolute atomic E-state index is 0.00594. The zero-order chi connectivity index (χ0) is 35.3. The van der Waals surface area contributed by atoms with E-state index in [0.29, 0.717) is 0 Å². The van der Waals surface area contributed by atoms with Crippen LogP contribution in [0.2, 0.25) is 0 Å². The Morgan fingerprint density at radius 2 is 1.25 bits per heavy atom. The average molecular weight is 671 g/mol. The molecule has 2 aromatic heterocycles. The van der Waals surface area contributed by atoms with Gasteiger partial charge in [-0.3, -0.25) is 0 Å². The van der Waals surface area contributed by atoms with Crippen LogP contribution >= 0.6 is 0 Å². The van der Waals surface area contributed by atoms with E-state index in [9.17, 15) is 0 Å². The Hall–Kier alpha value is -5.74. The van der Waals surface area contributed by atoms with Gasteiger partial charge in [0.25, 0.3) is 0 Å². The van der Waals surface area contributed by atoms with E-state index in [4.69, 9.17) is 4.42 Å². The zero-order valence-electron chi connectivity index (χ0n) is 30.5. The molecule has 2 aliphatic rings. The summed E-state index contributed by atoms with van der Waals surface area (Å²) in [5.41, 5.74) is 15.8. The molecule has 0 N–H and O–H groups in total. The van der Waals surface area contributed by atoms with E-state index < -0.39 is 0 Å². The maximum atomic E-state index is 7.00. The predicted octanol–water partition coefficient (Wildman–Crippen LogP) is 11.7. The topological polar surface area (TPSA) is 21.3 Å². The van der Waals surface area contributed by atoms with Crippen LogP contribution in [0.3, 0.4) is 0 Å². The van der Waals surface area contributed by atoms with Crippen molar-refractivity contribution in [1.82, 2.24) is 4.57 Å². The highest BCUT2D eigenvalue weighted by Crippen LogP contribution is 2.49. The minimum Gasteiger partial charge on any atom is -0.454 e. The molecule has 4 heteroatoms. The molecule has 7 aromatic carbocycles. The molecule has 0 amide bonds. The Balaban J connectivity index is 1.35. The molecule has 250 valence electrons. The quantitative estimate of drug-likeness (QED) is 0.162. The number of hydrogen-bond acceptors (Lipinski definition) is 2. The number of anilines is 2.